The molecular formula is C9H14N4O2. The molecule has 0 aliphatic carbocycles. The van der Waals surface area contributed by atoms with Crippen LogP contribution >= 0.6 is 0 Å². The van der Waals surface area contributed by atoms with Gasteiger partial charge in [-0.2, -0.15) is 0 Å². The Bertz CT molecular complexity index is 345. The van der Waals surface area contributed by atoms with E-state index in [2.05, 4.69) is 5.32 Å². The van der Waals surface area contributed by atoms with Gasteiger partial charge in [0.05, 0.1) is 6.26 Å². The molecule has 15 heavy (non-hydrogen) atoms. The minimum atomic E-state index is -0.479. The molecule has 0 unspecified atom stereocenters. The molecule has 0 atom stereocenters. The number of anilines is 1. The smallest absolute Gasteiger partial charge is 0.331 e. The van der Waals surface area contributed by atoms with Gasteiger partial charge in [-0.15, -0.1) is 0 Å². The largest absolute Gasteiger partial charge is 0.448 e. The van der Waals surface area contributed by atoms with Gasteiger partial charge < -0.3 is 15.5 Å². The van der Waals surface area contributed by atoms with Crippen molar-refractivity contribution in [2.45, 2.75) is 19.9 Å². The number of hydrogen-bond donors (Lipinski definition) is 3. The van der Waals surface area contributed by atoms with Gasteiger partial charge in [-0.1, -0.05) is 0 Å². The lowest BCUT2D eigenvalue weighted by Crippen LogP contribution is -2.48. The summed E-state index contributed by atoms with van der Waals surface area (Å²) in [7, 11) is 0. The first-order chi connectivity index (χ1) is 7.02. The molecular weight excluding hydrogens is 196 g/mol. The van der Waals surface area contributed by atoms with Crippen molar-refractivity contribution >= 4 is 17.9 Å². The van der Waals surface area contributed by atoms with Gasteiger partial charge in [0, 0.05) is 12.1 Å². The van der Waals surface area contributed by atoms with Crippen LogP contribution in [-0.2, 0) is 0 Å². The molecule has 0 aromatic carbocycles. The van der Waals surface area contributed by atoms with Crippen molar-refractivity contribution < 1.29 is 9.21 Å². The molecule has 2 amide bonds. The maximum absolute atomic E-state index is 11.6. The fraction of sp³-hybridized carbons (Fsp3) is 0.333. The molecule has 0 bridgehead atoms. The Morgan fingerprint density at radius 1 is 1.67 bits per heavy atom. The second-order valence-corrected chi connectivity index (χ2v) is 3.28. The number of hydrogen-bond acceptors (Lipinski definition) is 3. The van der Waals surface area contributed by atoms with Crippen molar-refractivity contribution in [3.05, 3.63) is 18.4 Å². The highest BCUT2D eigenvalue weighted by molar-refractivity contribution is 6.12. The first-order valence-corrected chi connectivity index (χ1v) is 4.50. The van der Waals surface area contributed by atoms with Gasteiger partial charge in [0.15, 0.2) is 0 Å². The highest BCUT2D eigenvalue weighted by Crippen LogP contribution is 2.13. The molecule has 1 rings (SSSR count). The van der Waals surface area contributed by atoms with Crippen molar-refractivity contribution in [1.82, 2.24) is 5.32 Å². The number of amides is 2. The van der Waals surface area contributed by atoms with E-state index in [0.717, 1.165) is 4.90 Å². The van der Waals surface area contributed by atoms with E-state index in [0.29, 0.717) is 0 Å². The highest BCUT2D eigenvalue weighted by atomic mass is 16.3. The summed E-state index contributed by atoms with van der Waals surface area (Å²) in [5.74, 6) is -0.163. The normalized spacial score (nSPS) is 10.1. The number of carbonyl (C=O) groups excluding carboxylic acids is 1. The second-order valence-electron chi connectivity index (χ2n) is 3.28. The SMILES string of the molecule is CC(C)NC(=O)N(C(=N)N)c1ccco1. The Kier molecular flexibility index (Phi) is 3.33. The summed E-state index contributed by atoms with van der Waals surface area (Å²) in [5.41, 5.74) is 5.29. The standard InChI is InChI=1S/C9H14N4O2/c1-6(2)12-9(14)13(8(10)11)7-4-3-5-15-7/h3-6H,1-2H3,(H3,10,11)(H,12,14). The second kappa shape index (κ2) is 4.50. The molecule has 1 aromatic rings. The van der Waals surface area contributed by atoms with Gasteiger partial charge in [-0.05, 0) is 19.9 Å². The summed E-state index contributed by atoms with van der Waals surface area (Å²) in [5, 5.41) is 9.90. The number of furan rings is 1. The molecule has 0 fully saturated rings. The molecule has 0 saturated carbocycles. The molecule has 82 valence electrons. The zero-order chi connectivity index (χ0) is 11.4. The average molecular weight is 210 g/mol. The number of nitrogens with one attached hydrogen (secondary N) is 2. The molecule has 4 N–H and O–H groups in total. The molecule has 0 radical (unpaired) electrons. The lowest BCUT2D eigenvalue weighted by molar-refractivity contribution is 0.246. The predicted molar refractivity (Wildman–Crippen MR) is 56.8 cm³/mol. The quantitative estimate of drug-likeness (QED) is 0.503. The van der Waals surface area contributed by atoms with E-state index in [-0.39, 0.29) is 17.9 Å². The molecule has 0 spiro atoms. The van der Waals surface area contributed by atoms with Gasteiger partial charge in [-0.25, -0.2) is 9.69 Å². The number of guanidine groups is 1. The van der Waals surface area contributed by atoms with Crippen LogP contribution in [0.15, 0.2) is 22.8 Å². The molecule has 0 aliphatic heterocycles. The number of nitrogens with zero attached hydrogens (tertiary/aromatic N) is 1. The van der Waals surface area contributed by atoms with E-state index in [1.54, 1.807) is 12.1 Å². The monoisotopic (exact) mass is 210 g/mol. The Morgan fingerprint density at radius 2 is 2.33 bits per heavy atom. The van der Waals surface area contributed by atoms with Gasteiger partial charge in [0.1, 0.15) is 0 Å². The van der Waals surface area contributed by atoms with Crippen molar-refractivity contribution in [3.63, 3.8) is 0 Å². The zero-order valence-electron chi connectivity index (χ0n) is 8.65. The Morgan fingerprint density at radius 3 is 2.73 bits per heavy atom. The van der Waals surface area contributed by atoms with Gasteiger partial charge in [0.2, 0.25) is 11.8 Å². The summed E-state index contributed by atoms with van der Waals surface area (Å²) in [6, 6.07) is 2.66. The first kappa shape index (κ1) is 11.1. The van der Waals surface area contributed by atoms with Gasteiger partial charge >= 0.3 is 6.03 Å². The fourth-order valence-corrected chi connectivity index (χ4v) is 1.04. The van der Waals surface area contributed by atoms with E-state index in [4.69, 9.17) is 15.6 Å². The van der Waals surface area contributed by atoms with Crippen molar-refractivity contribution in [1.29, 1.82) is 5.41 Å². The van der Waals surface area contributed by atoms with Crippen LogP contribution in [0.1, 0.15) is 13.8 Å². The molecule has 1 aromatic heterocycles. The van der Waals surface area contributed by atoms with Crippen LogP contribution in [0.2, 0.25) is 0 Å². The summed E-state index contributed by atoms with van der Waals surface area (Å²) in [4.78, 5) is 12.6. The minimum Gasteiger partial charge on any atom is -0.448 e. The maximum Gasteiger partial charge on any atom is 0.331 e. The van der Waals surface area contributed by atoms with Crippen LogP contribution in [0.25, 0.3) is 0 Å². The van der Waals surface area contributed by atoms with E-state index >= 15 is 0 Å². The number of urea groups is 1. The topological polar surface area (TPSA) is 95.4 Å². The van der Waals surface area contributed by atoms with Crippen molar-refractivity contribution in [3.8, 4) is 0 Å². The predicted octanol–water partition coefficient (Wildman–Crippen LogP) is 1.10. The van der Waals surface area contributed by atoms with Crippen LogP contribution in [0.4, 0.5) is 10.7 Å². The molecule has 1 heterocycles. The highest BCUT2D eigenvalue weighted by Gasteiger charge is 2.21. The van der Waals surface area contributed by atoms with Crippen LogP contribution in [0.3, 0.4) is 0 Å². The first-order valence-electron chi connectivity index (χ1n) is 4.50. The third-order valence-electron chi connectivity index (χ3n) is 1.58. The summed E-state index contributed by atoms with van der Waals surface area (Å²) in [6.07, 6.45) is 1.41. The maximum atomic E-state index is 11.6. The lowest BCUT2D eigenvalue weighted by atomic mass is 10.4. The third kappa shape index (κ3) is 2.73. The zero-order valence-corrected chi connectivity index (χ0v) is 8.65. The fourth-order valence-electron chi connectivity index (χ4n) is 1.04. The van der Waals surface area contributed by atoms with Crippen molar-refractivity contribution in [2.24, 2.45) is 5.73 Å². The Hall–Kier alpha value is -1.98. The van der Waals surface area contributed by atoms with Crippen LogP contribution in [0, 0.1) is 5.41 Å². The molecule has 0 aliphatic rings. The molecule has 6 nitrogen and oxygen atoms in total. The van der Waals surface area contributed by atoms with Gasteiger partial charge in [-0.3, -0.25) is 5.41 Å². The Balaban J connectivity index is 2.84. The van der Waals surface area contributed by atoms with E-state index in [1.807, 2.05) is 13.8 Å². The van der Waals surface area contributed by atoms with Crippen LogP contribution < -0.4 is 16.0 Å². The number of nitrogens with two attached hydrogens (primary N) is 1. The van der Waals surface area contributed by atoms with Crippen LogP contribution in [0.5, 0.6) is 0 Å². The van der Waals surface area contributed by atoms with E-state index in [1.165, 1.54) is 6.26 Å². The third-order valence-corrected chi connectivity index (χ3v) is 1.58. The van der Waals surface area contributed by atoms with Crippen LogP contribution in [-0.4, -0.2) is 18.0 Å². The molecule has 0 saturated heterocycles. The summed E-state index contributed by atoms with van der Waals surface area (Å²) < 4.78 is 5.00. The summed E-state index contributed by atoms with van der Waals surface area (Å²) >= 11 is 0. The minimum absolute atomic E-state index is 0.0330. The number of carbonyl (C=O) groups is 1. The lowest BCUT2D eigenvalue weighted by Gasteiger charge is -2.19. The van der Waals surface area contributed by atoms with E-state index < -0.39 is 6.03 Å². The van der Waals surface area contributed by atoms with Crippen molar-refractivity contribution in [2.75, 3.05) is 4.90 Å². The average Bonchev–Trinajstić information content (AvgIpc) is 2.54. The Labute approximate surface area is 87.5 Å². The number of rotatable bonds is 2. The van der Waals surface area contributed by atoms with Gasteiger partial charge in [0.25, 0.3) is 0 Å². The summed E-state index contributed by atoms with van der Waals surface area (Å²) in [6.45, 7) is 3.64. The van der Waals surface area contributed by atoms with E-state index in [9.17, 15) is 4.79 Å². The molecule has 6 heteroatoms.